The lowest BCUT2D eigenvalue weighted by molar-refractivity contribution is 0.721. The van der Waals surface area contributed by atoms with Crippen molar-refractivity contribution in [1.82, 2.24) is 10.7 Å². The minimum atomic E-state index is -0.780. The van der Waals surface area contributed by atoms with E-state index < -0.39 is 6.17 Å². The van der Waals surface area contributed by atoms with E-state index in [9.17, 15) is 5.73 Å². The first-order valence-corrected chi connectivity index (χ1v) is 6.41. The van der Waals surface area contributed by atoms with Gasteiger partial charge in [-0.15, -0.1) is 5.73 Å². The molecule has 2 aromatic rings. The summed E-state index contributed by atoms with van der Waals surface area (Å²) >= 11 is 6.17. The molecule has 1 N–H and O–H groups in total. The lowest BCUT2D eigenvalue weighted by Crippen LogP contribution is -2.30. The monoisotopic (exact) mass is 272 g/mol. The van der Waals surface area contributed by atoms with Crippen LogP contribution in [-0.4, -0.2) is 11.3 Å². The molecular formula is C14H13ClN4. The summed E-state index contributed by atoms with van der Waals surface area (Å²) in [7, 11) is 0. The number of hydrogen-bond acceptors (Lipinski definition) is 2. The quantitative estimate of drug-likeness (QED) is 0.848. The van der Waals surface area contributed by atoms with Crippen LogP contribution in [0.25, 0.3) is 0 Å². The molecule has 3 rings (SSSR count). The van der Waals surface area contributed by atoms with Crippen molar-refractivity contribution in [3.63, 3.8) is 0 Å². The van der Waals surface area contributed by atoms with Crippen LogP contribution in [0, 0.1) is 13.8 Å². The number of aromatic amines is 1. The fourth-order valence-corrected chi connectivity index (χ4v) is 2.55. The number of fused-ring (bicyclic) bond motifs is 1. The molecule has 0 aliphatic carbocycles. The average molecular weight is 273 g/mol. The number of rotatable bonds is 1. The van der Waals surface area contributed by atoms with Crippen LogP contribution in [0.15, 0.2) is 29.3 Å². The van der Waals surface area contributed by atoms with Gasteiger partial charge in [-0.1, -0.05) is 23.7 Å². The van der Waals surface area contributed by atoms with Gasteiger partial charge in [0.15, 0.2) is 0 Å². The minimum absolute atomic E-state index is 0.585. The van der Waals surface area contributed by atoms with E-state index in [0.717, 1.165) is 22.5 Å². The smallest absolute Gasteiger partial charge is 0.149 e. The predicted octanol–water partition coefficient (Wildman–Crippen LogP) is 3.53. The summed E-state index contributed by atoms with van der Waals surface area (Å²) < 4.78 is 0. The largest absolute Gasteiger partial charge is 0.343 e. The summed E-state index contributed by atoms with van der Waals surface area (Å²) in [4.78, 5) is 9.19. The summed E-state index contributed by atoms with van der Waals surface area (Å²) in [5, 5.41) is 0.585. The van der Waals surface area contributed by atoms with Crippen LogP contribution < -0.4 is 10.6 Å². The molecule has 19 heavy (non-hydrogen) atoms. The van der Waals surface area contributed by atoms with Crippen LogP contribution in [0.1, 0.15) is 23.0 Å². The number of nitrogens with one attached hydrogen (secondary N) is 1. The van der Waals surface area contributed by atoms with Crippen molar-refractivity contribution in [1.29, 1.82) is 0 Å². The molecule has 1 aliphatic heterocycles. The van der Waals surface area contributed by atoms with E-state index in [0.29, 0.717) is 10.8 Å². The predicted molar refractivity (Wildman–Crippen MR) is 77.2 cm³/mol. The highest BCUT2D eigenvalue weighted by Crippen LogP contribution is 2.38. The number of halogens is 1. The molecule has 2 radical (unpaired) electrons. The first-order valence-electron chi connectivity index (χ1n) is 6.04. The lowest BCUT2D eigenvalue weighted by Gasteiger charge is -2.29. The van der Waals surface area contributed by atoms with Gasteiger partial charge in [0.05, 0.1) is 17.0 Å². The van der Waals surface area contributed by atoms with E-state index >= 15 is 0 Å². The van der Waals surface area contributed by atoms with Crippen molar-refractivity contribution in [2.45, 2.75) is 20.0 Å². The van der Waals surface area contributed by atoms with Gasteiger partial charge in [0, 0.05) is 11.3 Å². The number of nitrogens with zero attached hydrogens (tertiary/aromatic N) is 3. The number of hydrogen-bond donors (Lipinski definition) is 1. The summed E-state index contributed by atoms with van der Waals surface area (Å²) in [5.74, 6) is 0.714. The van der Waals surface area contributed by atoms with Crippen LogP contribution >= 0.6 is 11.6 Å². The summed E-state index contributed by atoms with van der Waals surface area (Å²) in [6.07, 6.45) is 0.821. The summed E-state index contributed by atoms with van der Waals surface area (Å²) in [6, 6.07) is 7.39. The summed E-state index contributed by atoms with van der Waals surface area (Å²) in [6.45, 7) is 3.94. The highest BCUT2D eigenvalue weighted by molar-refractivity contribution is 6.33. The first-order chi connectivity index (χ1) is 9.09. The van der Waals surface area contributed by atoms with Crippen LogP contribution in [0.4, 0.5) is 11.5 Å². The van der Waals surface area contributed by atoms with Gasteiger partial charge in [-0.05, 0) is 31.5 Å². The van der Waals surface area contributed by atoms with E-state index in [4.69, 9.17) is 11.6 Å². The normalized spacial score (nSPS) is 17.7. The Morgan fingerprint density at radius 3 is 2.79 bits per heavy atom. The SMILES string of the molecule is Cc1[nH]c2c(c1C)C([N])N(c1ccccc1Cl)C=N2. The second-order valence-corrected chi connectivity index (χ2v) is 5.02. The van der Waals surface area contributed by atoms with E-state index in [-0.39, 0.29) is 0 Å². The van der Waals surface area contributed by atoms with Gasteiger partial charge < -0.3 is 9.88 Å². The zero-order chi connectivity index (χ0) is 13.6. The number of H-pyrrole nitrogens is 1. The Labute approximate surface area is 116 Å². The van der Waals surface area contributed by atoms with Crippen molar-refractivity contribution in [3.8, 4) is 0 Å². The van der Waals surface area contributed by atoms with Gasteiger partial charge in [-0.2, -0.15) is 0 Å². The second kappa shape index (κ2) is 4.40. The molecular weight excluding hydrogens is 260 g/mol. The molecule has 4 nitrogen and oxygen atoms in total. The van der Waals surface area contributed by atoms with Crippen LogP contribution in [0.5, 0.6) is 0 Å². The molecule has 2 heterocycles. The van der Waals surface area contributed by atoms with Gasteiger partial charge in [0.25, 0.3) is 0 Å². The lowest BCUT2D eigenvalue weighted by atomic mass is 10.1. The van der Waals surface area contributed by atoms with Gasteiger partial charge in [0.2, 0.25) is 0 Å². The third-order valence-electron chi connectivity index (χ3n) is 3.49. The zero-order valence-electron chi connectivity index (χ0n) is 10.7. The van der Waals surface area contributed by atoms with Crippen molar-refractivity contribution in [2.75, 3.05) is 4.90 Å². The fraction of sp³-hybridized carbons (Fsp3) is 0.214. The second-order valence-electron chi connectivity index (χ2n) is 4.61. The van der Waals surface area contributed by atoms with Gasteiger partial charge in [-0.25, -0.2) is 4.99 Å². The Morgan fingerprint density at radius 1 is 1.32 bits per heavy atom. The molecule has 96 valence electrons. The Bertz CT molecular complexity index is 659. The molecule has 0 spiro atoms. The number of anilines is 1. The van der Waals surface area contributed by atoms with Crippen LogP contribution in [0.2, 0.25) is 5.02 Å². The Hall–Kier alpha value is -1.78. The molecule has 1 atom stereocenters. The van der Waals surface area contributed by atoms with Gasteiger partial charge >= 0.3 is 0 Å². The summed E-state index contributed by atoms with van der Waals surface area (Å²) in [5.41, 5.74) is 14.1. The number of aromatic nitrogens is 1. The molecule has 0 fully saturated rings. The van der Waals surface area contributed by atoms with Gasteiger partial charge in [0.1, 0.15) is 12.0 Å². The Morgan fingerprint density at radius 2 is 2.05 bits per heavy atom. The van der Waals surface area contributed by atoms with Crippen molar-refractivity contribution in [2.24, 2.45) is 4.99 Å². The molecule has 0 amide bonds. The third-order valence-corrected chi connectivity index (χ3v) is 3.81. The van der Waals surface area contributed by atoms with Crippen molar-refractivity contribution >= 4 is 29.4 Å². The molecule has 0 saturated carbocycles. The number of para-hydroxylation sites is 1. The van der Waals surface area contributed by atoms with Crippen molar-refractivity contribution < 1.29 is 0 Å². The molecule has 0 bridgehead atoms. The van der Waals surface area contributed by atoms with E-state index in [1.165, 1.54) is 0 Å². The molecule has 5 heteroatoms. The van der Waals surface area contributed by atoms with E-state index in [2.05, 4.69) is 9.98 Å². The third kappa shape index (κ3) is 1.84. The van der Waals surface area contributed by atoms with E-state index in [1.54, 1.807) is 17.3 Å². The Kier molecular flexibility index (Phi) is 2.84. The number of aryl methyl sites for hydroxylation is 1. The van der Waals surface area contributed by atoms with Crippen molar-refractivity contribution in [3.05, 3.63) is 46.1 Å². The molecule has 1 aliphatic rings. The number of benzene rings is 1. The highest BCUT2D eigenvalue weighted by atomic mass is 35.5. The number of aliphatic imine (C=N–C) groups is 1. The maximum atomic E-state index is 10.5. The van der Waals surface area contributed by atoms with E-state index in [1.807, 2.05) is 32.0 Å². The molecule has 1 aromatic heterocycles. The highest BCUT2D eigenvalue weighted by Gasteiger charge is 2.28. The average Bonchev–Trinajstić information content (AvgIpc) is 2.68. The topological polar surface area (TPSA) is 53.7 Å². The maximum absolute atomic E-state index is 10.5. The Balaban J connectivity index is 2.09. The zero-order valence-corrected chi connectivity index (χ0v) is 11.4. The molecule has 1 unspecified atom stereocenters. The van der Waals surface area contributed by atoms with Gasteiger partial charge in [-0.3, -0.25) is 0 Å². The van der Waals surface area contributed by atoms with Crippen LogP contribution in [0.3, 0.4) is 0 Å². The standard InChI is InChI=1S/C14H13ClN4/c1-8-9(2)18-14-12(8)13(16)19(7-17-14)11-6-4-3-5-10(11)15/h3-7,13,18H,1-2H3. The first kappa shape index (κ1) is 12.3. The molecule has 0 saturated heterocycles. The maximum Gasteiger partial charge on any atom is 0.149 e. The fourth-order valence-electron chi connectivity index (χ4n) is 2.31. The van der Waals surface area contributed by atoms with Crippen LogP contribution in [-0.2, 0) is 0 Å². The minimum Gasteiger partial charge on any atom is -0.343 e. The molecule has 1 aromatic carbocycles.